The molecule has 0 aliphatic carbocycles. The molecule has 0 saturated carbocycles. The van der Waals surface area contributed by atoms with Gasteiger partial charge in [-0.25, -0.2) is 19.1 Å². The quantitative estimate of drug-likeness (QED) is 0.335. The molecule has 0 aliphatic heterocycles. The minimum atomic E-state index is -0.438. The summed E-state index contributed by atoms with van der Waals surface area (Å²) in [5, 5.41) is 6.14. The molecule has 1 atom stereocenters. The summed E-state index contributed by atoms with van der Waals surface area (Å²) in [6.07, 6.45) is 1.61. The molecule has 1 unspecified atom stereocenters. The lowest BCUT2D eigenvalue weighted by Crippen LogP contribution is -2.33. The van der Waals surface area contributed by atoms with Crippen molar-refractivity contribution in [2.45, 2.75) is 13.0 Å². The highest BCUT2D eigenvalue weighted by atomic mass is 19.1. The molecule has 0 radical (unpaired) electrons. The number of amides is 2. The SMILES string of the molecule is CC(Nc1nccc(N(C(=O)Nc2ccc(F)cc2)c2ccccc2N(C)C)n1)c1ccccc1. The van der Waals surface area contributed by atoms with Crippen molar-refractivity contribution in [1.82, 2.24) is 9.97 Å². The number of carbonyl (C=O) groups is 1. The average molecular weight is 471 g/mol. The molecule has 0 saturated heterocycles. The van der Waals surface area contributed by atoms with Crippen LogP contribution in [-0.2, 0) is 0 Å². The highest BCUT2D eigenvalue weighted by Crippen LogP contribution is 2.34. The zero-order valence-electron chi connectivity index (χ0n) is 19.8. The second-order valence-electron chi connectivity index (χ2n) is 8.17. The van der Waals surface area contributed by atoms with E-state index < -0.39 is 6.03 Å². The number of nitrogens with one attached hydrogen (secondary N) is 2. The minimum Gasteiger partial charge on any atom is -0.376 e. The van der Waals surface area contributed by atoms with Gasteiger partial charge in [0.05, 0.1) is 17.4 Å². The van der Waals surface area contributed by atoms with Crippen molar-refractivity contribution in [3.05, 3.63) is 103 Å². The molecule has 0 aliphatic rings. The third-order valence-electron chi connectivity index (χ3n) is 5.42. The van der Waals surface area contributed by atoms with Crippen LogP contribution in [0.25, 0.3) is 0 Å². The van der Waals surface area contributed by atoms with E-state index in [2.05, 4.69) is 20.6 Å². The summed E-state index contributed by atoms with van der Waals surface area (Å²) in [6.45, 7) is 2.02. The molecule has 7 nitrogen and oxygen atoms in total. The van der Waals surface area contributed by atoms with Gasteiger partial charge >= 0.3 is 6.03 Å². The summed E-state index contributed by atoms with van der Waals surface area (Å²) < 4.78 is 13.4. The predicted molar refractivity (Wildman–Crippen MR) is 139 cm³/mol. The van der Waals surface area contributed by atoms with Gasteiger partial charge in [0.2, 0.25) is 5.95 Å². The Labute approximate surface area is 204 Å². The monoisotopic (exact) mass is 470 g/mol. The van der Waals surface area contributed by atoms with Gasteiger partial charge in [-0.05, 0) is 48.9 Å². The van der Waals surface area contributed by atoms with E-state index in [1.165, 1.54) is 29.2 Å². The van der Waals surface area contributed by atoms with E-state index in [4.69, 9.17) is 0 Å². The first-order valence-electron chi connectivity index (χ1n) is 11.2. The summed E-state index contributed by atoms with van der Waals surface area (Å²) in [7, 11) is 3.81. The molecule has 8 heteroatoms. The number of hydrogen-bond donors (Lipinski definition) is 2. The molecule has 3 aromatic carbocycles. The summed E-state index contributed by atoms with van der Waals surface area (Å²) >= 11 is 0. The van der Waals surface area contributed by atoms with Crippen LogP contribution in [0.4, 0.5) is 38.0 Å². The largest absolute Gasteiger partial charge is 0.376 e. The molecule has 35 heavy (non-hydrogen) atoms. The van der Waals surface area contributed by atoms with Crippen LogP contribution < -0.4 is 20.4 Å². The number of rotatable bonds is 7. The Balaban J connectivity index is 1.70. The number of anilines is 5. The van der Waals surface area contributed by atoms with Crippen LogP contribution in [0.15, 0.2) is 91.1 Å². The molecule has 0 bridgehead atoms. The Morgan fingerprint density at radius 2 is 1.54 bits per heavy atom. The average Bonchev–Trinajstić information content (AvgIpc) is 2.86. The number of carbonyl (C=O) groups excluding carboxylic acids is 1. The number of aromatic nitrogens is 2. The summed E-state index contributed by atoms with van der Waals surface area (Å²) in [6, 6.07) is 24.3. The van der Waals surface area contributed by atoms with Gasteiger partial charge in [0.15, 0.2) is 0 Å². The first-order valence-corrected chi connectivity index (χ1v) is 11.2. The number of halogens is 1. The van der Waals surface area contributed by atoms with Crippen LogP contribution in [0.2, 0.25) is 0 Å². The fourth-order valence-electron chi connectivity index (χ4n) is 3.64. The second-order valence-corrected chi connectivity index (χ2v) is 8.17. The van der Waals surface area contributed by atoms with Crippen molar-refractivity contribution in [3.8, 4) is 0 Å². The first-order chi connectivity index (χ1) is 16.9. The Kier molecular flexibility index (Phi) is 7.21. The van der Waals surface area contributed by atoms with Gasteiger partial charge in [-0.15, -0.1) is 0 Å². The van der Waals surface area contributed by atoms with Crippen molar-refractivity contribution in [2.75, 3.05) is 34.5 Å². The van der Waals surface area contributed by atoms with Crippen LogP contribution in [-0.4, -0.2) is 30.1 Å². The van der Waals surface area contributed by atoms with E-state index in [0.717, 1.165) is 11.3 Å². The van der Waals surface area contributed by atoms with Gasteiger partial charge in [0.25, 0.3) is 0 Å². The molecule has 1 aromatic heterocycles. The maximum absolute atomic E-state index is 13.5. The molecule has 178 valence electrons. The van der Waals surface area contributed by atoms with E-state index in [0.29, 0.717) is 23.1 Å². The van der Waals surface area contributed by atoms with Crippen molar-refractivity contribution < 1.29 is 9.18 Å². The molecule has 2 amide bonds. The Bertz CT molecular complexity index is 1280. The topological polar surface area (TPSA) is 73.4 Å². The highest BCUT2D eigenvalue weighted by molar-refractivity contribution is 6.08. The Hall–Kier alpha value is -4.46. The van der Waals surface area contributed by atoms with Gasteiger partial charge in [-0.3, -0.25) is 0 Å². The molecule has 4 rings (SSSR count). The van der Waals surface area contributed by atoms with Gasteiger partial charge in [0, 0.05) is 32.0 Å². The van der Waals surface area contributed by atoms with Gasteiger partial charge in [-0.2, -0.15) is 4.98 Å². The van der Waals surface area contributed by atoms with Crippen molar-refractivity contribution in [2.24, 2.45) is 0 Å². The predicted octanol–water partition coefficient (Wildman–Crippen LogP) is 6.23. The first kappa shape index (κ1) is 23.7. The van der Waals surface area contributed by atoms with Crippen molar-refractivity contribution in [3.63, 3.8) is 0 Å². The second kappa shape index (κ2) is 10.6. The fourth-order valence-corrected chi connectivity index (χ4v) is 3.64. The number of benzene rings is 3. The van der Waals surface area contributed by atoms with E-state index in [-0.39, 0.29) is 11.9 Å². The third kappa shape index (κ3) is 5.73. The van der Waals surface area contributed by atoms with Crippen LogP contribution >= 0.6 is 0 Å². The summed E-state index contributed by atoms with van der Waals surface area (Å²) in [5.74, 6) is 0.398. The van der Waals surface area contributed by atoms with Crippen LogP contribution in [0.3, 0.4) is 0 Å². The summed E-state index contributed by atoms with van der Waals surface area (Å²) in [4.78, 5) is 26.0. The van der Waals surface area contributed by atoms with E-state index in [1.54, 1.807) is 12.3 Å². The molecule has 1 heterocycles. The van der Waals surface area contributed by atoms with Gasteiger partial charge < -0.3 is 15.5 Å². The highest BCUT2D eigenvalue weighted by Gasteiger charge is 2.24. The van der Waals surface area contributed by atoms with Crippen LogP contribution in [0.5, 0.6) is 0 Å². The number of hydrogen-bond acceptors (Lipinski definition) is 5. The lowest BCUT2D eigenvalue weighted by Gasteiger charge is -2.27. The van der Waals surface area contributed by atoms with Crippen LogP contribution in [0.1, 0.15) is 18.5 Å². The lowest BCUT2D eigenvalue weighted by molar-refractivity contribution is 0.259. The lowest BCUT2D eigenvalue weighted by atomic mass is 10.1. The van der Waals surface area contributed by atoms with Crippen molar-refractivity contribution in [1.29, 1.82) is 0 Å². The van der Waals surface area contributed by atoms with E-state index in [1.807, 2.05) is 80.5 Å². The number of urea groups is 1. The van der Waals surface area contributed by atoms with E-state index >= 15 is 0 Å². The Morgan fingerprint density at radius 3 is 2.23 bits per heavy atom. The maximum Gasteiger partial charge on any atom is 0.332 e. The van der Waals surface area contributed by atoms with Gasteiger partial charge in [0.1, 0.15) is 11.6 Å². The summed E-state index contributed by atoms with van der Waals surface area (Å²) in [5.41, 5.74) is 3.02. The fraction of sp³-hybridized carbons (Fsp3) is 0.148. The zero-order valence-corrected chi connectivity index (χ0v) is 19.8. The molecule has 0 fully saturated rings. The van der Waals surface area contributed by atoms with Crippen LogP contribution in [0, 0.1) is 5.82 Å². The molecular formula is C27H27FN6O. The zero-order chi connectivity index (χ0) is 24.8. The third-order valence-corrected chi connectivity index (χ3v) is 5.42. The van der Waals surface area contributed by atoms with Gasteiger partial charge in [-0.1, -0.05) is 42.5 Å². The standard InChI is InChI=1S/C27H27FN6O/c1-19(20-9-5-4-6-10-20)30-26-29-18-17-25(32-26)34(24-12-8-7-11-23(24)33(2)3)27(35)31-22-15-13-21(28)14-16-22/h4-19H,1-3H3,(H,31,35)(H,29,30,32). The molecule has 4 aromatic rings. The molecule has 2 N–H and O–H groups in total. The van der Waals surface area contributed by atoms with Crippen molar-refractivity contribution >= 4 is 34.9 Å². The number of para-hydroxylation sites is 2. The minimum absolute atomic E-state index is 0.0398. The number of nitrogens with zero attached hydrogens (tertiary/aromatic N) is 4. The van der Waals surface area contributed by atoms with E-state index in [9.17, 15) is 9.18 Å². The molecule has 0 spiro atoms. The Morgan fingerprint density at radius 1 is 0.886 bits per heavy atom. The molecular weight excluding hydrogens is 443 g/mol. The smallest absolute Gasteiger partial charge is 0.332 e. The maximum atomic E-state index is 13.5. The normalized spacial score (nSPS) is 11.4.